The average Bonchev–Trinajstić information content (AvgIpc) is 3.04. The van der Waals surface area contributed by atoms with Crippen molar-refractivity contribution in [3.05, 3.63) is 45.7 Å². The second-order valence-electron chi connectivity index (χ2n) is 7.00. The highest BCUT2D eigenvalue weighted by Gasteiger charge is 2.44. The van der Waals surface area contributed by atoms with Crippen LogP contribution < -0.4 is 0 Å². The van der Waals surface area contributed by atoms with Crippen LogP contribution in [-0.4, -0.2) is 59.3 Å². The molecule has 2 aliphatic heterocycles. The molecular weight excluding hydrogens is 352 g/mol. The van der Waals surface area contributed by atoms with Crippen LogP contribution in [0.25, 0.3) is 0 Å². The molecule has 1 aromatic rings. The predicted molar refractivity (Wildman–Crippen MR) is 103 cm³/mol. The highest BCUT2D eigenvalue weighted by atomic mass is 32.2. The first-order valence-corrected chi connectivity index (χ1v) is 10.4. The van der Waals surface area contributed by atoms with Gasteiger partial charge in [0, 0.05) is 25.9 Å². The van der Waals surface area contributed by atoms with E-state index in [1.165, 1.54) is 0 Å². The molecule has 1 aliphatic carbocycles. The van der Waals surface area contributed by atoms with Crippen molar-refractivity contribution in [2.75, 3.05) is 27.2 Å². The molecule has 2 heterocycles. The Morgan fingerprint density at radius 2 is 1.40 bits per heavy atom. The van der Waals surface area contributed by atoms with Crippen LogP contribution in [0, 0.1) is 0 Å². The molecule has 1 saturated carbocycles. The lowest BCUT2D eigenvalue weighted by Crippen LogP contribution is -2.52. The van der Waals surface area contributed by atoms with Gasteiger partial charge in [-0.25, -0.2) is 0 Å². The molecule has 0 bridgehead atoms. The van der Waals surface area contributed by atoms with E-state index in [4.69, 9.17) is 0 Å². The Balaban J connectivity index is 1.58. The zero-order valence-electron chi connectivity index (χ0n) is 14.5. The van der Waals surface area contributed by atoms with Crippen LogP contribution in [-0.2, 0) is 9.59 Å². The van der Waals surface area contributed by atoms with Gasteiger partial charge in [0.25, 0.3) is 0 Å². The lowest BCUT2D eigenvalue weighted by molar-refractivity contribution is -0.124. The lowest BCUT2D eigenvalue weighted by atomic mass is 9.80. The van der Waals surface area contributed by atoms with Gasteiger partial charge >= 0.3 is 0 Å². The fourth-order valence-corrected chi connectivity index (χ4v) is 7.23. The van der Waals surface area contributed by atoms with Crippen molar-refractivity contribution >= 4 is 35.1 Å². The Morgan fingerprint density at radius 1 is 0.880 bits per heavy atom. The number of carbonyl (C=O) groups excluding carboxylic acids is 2. The summed E-state index contributed by atoms with van der Waals surface area (Å²) in [6, 6.07) is 9.93. The lowest BCUT2D eigenvalue weighted by Gasteiger charge is -2.39. The number of carbonyl (C=O) groups is 2. The molecule has 0 radical (unpaired) electrons. The second kappa shape index (κ2) is 6.91. The molecule has 4 rings (SSSR count). The summed E-state index contributed by atoms with van der Waals surface area (Å²) in [5.74, 6) is 0.0580. The van der Waals surface area contributed by atoms with Crippen molar-refractivity contribution < 1.29 is 9.59 Å². The molecule has 0 N–H and O–H groups in total. The van der Waals surface area contributed by atoms with Gasteiger partial charge in [-0.15, -0.1) is 0 Å². The quantitative estimate of drug-likeness (QED) is 0.556. The maximum Gasteiger partial charge on any atom is 0.168 e. The molecule has 0 aromatic heterocycles. The molecule has 2 unspecified atom stereocenters. The number of rotatable bonds is 1. The van der Waals surface area contributed by atoms with Gasteiger partial charge in [0.15, 0.2) is 11.6 Å². The fourth-order valence-electron chi connectivity index (χ4n) is 3.73. The maximum atomic E-state index is 12.8. The first-order valence-electron chi connectivity index (χ1n) is 8.64. The molecule has 2 atom stereocenters. The average molecular weight is 375 g/mol. The summed E-state index contributed by atoms with van der Waals surface area (Å²) in [4.78, 5) is 30.3. The normalized spacial score (nSPS) is 31.5. The number of benzene rings is 1. The molecule has 0 spiro atoms. The van der Waals surface area contributed by atoms with Gasteiger partial charge in [-0.2, -0.15) is 0 Å². The highest BCUT2D eigenvalue weighted by molar-refractivity contribution is 8.26. The highest BCUT2D eigenvalue weighted by Crippen LogP contribution is 2.52. The molecule has 4 nitrogen and oxygen atoms in total. The van der Waals surface area contributed by atoms with Gasteiger partial charge < -0.3 is 0 Å². The van der Waals surface area contributed by atoms with E-state index in [1.807, 2.05) is 30.3 Å². The van der Waals surface area contributed by atoms with Crippen molar-refractivity contribution in [2.24, 2.45) is 0 Å². The molecule has 0 amide bonds. The predicted octanol–water partition coefficient (Wildman–Crippen LogP) is 2.92. The molecule has 6 heteroatoms. The van der Waals surface area contributed by atoms with E-state index < -0.39 is 0 Å². The number of piperazine rings is 1. The third-order valence-electron chi connectivity index (χ3n) is 5.27. The third kappa shape index (κ3) is 3.21. The Labute approximate surface area is 157 Å². The standard InChI is InChI=1S/C19H22N2O2S2/c1-20-8-9-21(2)18-17(20)24-19(25-18)16-14(22)10-13(11-15(16)23)12-6-4-3-5-7-12/h3-7,13,17-18H,8-11H2,1-2H3. The van der Waals surface area contributed by atoms with Crippen molar-refractivity contribution in [3.63, 3.8) is 0 Å². The molecule has 2 saturated heterocycles. The van der Waals surface area contributed by atoms with E-state index in [0.717, 1.165) is 22.9 Å². The summed E-state index contributed by atoms with van der Waals surface area (Å²) in [5.41, 5.74) is 1.56. The Bertz CT molecular complexity index is 694. The summed E-state index contributed by atoms with van der Waals surface area (Å²) in [6.45, 7) is 2.04. The number of hydrogen-bond acceptors (Lipinski definition) is 6. The summed E-state index contributed by atoms with van der Waals surface area (Å²) >= 11 is 3.41. The number of likely N-dealkylation sites (N-methyl/N-ethyl adjacent to an activating group) is 2. The minimum atomic E-state index is 0.0176. The number of hydrogen-bond donors (Lipinski definition) is 0. The van der Waals surface area contributed by atoms with Crippen LogP contribution >= 0.6 is 23.5 Å². The van der Waals surface area contributed by atoms with E-state index in [2.05, 4.69) is 23.9 Å². The van der Waals surface area contributed by atoms with Gasteiger partial charge in [0.2, 0.25) is 0 Å². The summed E-state index contributed by atoms with van der Waals surface area (Å²) in [5, 5.41) is 0.636. The number of Topliss-reactive ketones (excluding diaryl/α,β-unsaturated/α-hetero) is 2. The fraction of sp³-hybridized carbons (Fsp3) is 0.474. The van der Waals surface area contributed by atoms with Crippen LogP contribution in [0.5, 0.6) is 0 Å². The number of allylic oxidation sites excluding steroid dienone is 1. The van der Waals surface area contributed by atoms with Crippen LogP contribution in [0.4, 0.5) is 0 Å². The summed E-state index contributed by atoms with van der Waals surface area (Å²) in [6.07, 6.45) is 0.882. The SMILES string of the molecule is CN1CCN(C)C2SC(=C3C(=O)CC(c4ccccc4)CC3=O)SC21. The van der Waals surface area contributed by atoms with Gasteiger partial charge in [-0.05, 0) is 25.6 Å². The number of fused-ring (bicyclic) bond motifs is 1. The van der Waals surface area contributed by atoms with Crippen molar-refractivity contribution in [1.82, 2.24) is 9.80 Å². The first kappa shape index (κ1) is 17.3. The van der Waals surface area contributed by atoms with Crippen molar-refractivity contribution in [3.8, 4) is 0 Å². The van der Waals surface area contributed by atoms with Gasteiger partial charge in [-0.1, -0.05) is 53.9 Å². The third-order valence-corrected chi connectivity index (χ3v) is 8.57. The van der Waals surface area contributed by atoms with Crippen LogP contribution in [0.15, 0.2) is 40.1 Å². The van der Waals surface area contributed by atoms with Crippen LogP contribution in [0.2, 0.25) is 0 Å². The maximum absolute atomic E-state index is 12.8. The van der Waals surface area contributed by atoms with E-state index >= 15 is 0 Å². The topological polar surface area (TPSA) is 40.6 Å². The summed E-state index contributed by atoms with van der Waals surface area (Å²) in [7, 11) is 4.25. The summed E-state index contributed by atoms with van der Waals surface area (Å²) < 4.78 is 0.942. The van der Waals surface area contributed by atoms with Crippen LogP contribution in [0.1, 0.15) is 24.3 Å². The molecular formula is C19H22N2O2S2. The Hall–Kier alpha value is -1.08. The van der Waals surface area contributed by atoms with Gasteiger partial charge in [0.05, 0.1) is 20.6 Å². The minimum Gasteiger partial charge on any atom is -0.294 e. The zero-order chi connectivity index (χ0) is 17.6. The minimum absolute atomic E-state index is 0.0176. The largest absolute Gasteiger partial charge is 0.294 e. The Morgan fingerprint density at radius 3 is 1.92 bits per heavy atom. The van der Waals surface area contributed by atoms with Gasteiger partial charge in [-0.3, -0.25) is 19.4 Å². The molecule has 132 valence electrons. The van der Waals surface area contributed by atoms with E-state index in [1.54, 1.807) is 23.5 Å². The van der Waals surface area contributed by atoms with Crippen molar-refractivity contribution in [1.29, 1.82) is 0 Å². The molecule has 25 heavy (non-hydrogen) atoms. The van der Waals surface area contributed by atoms with Crippen LogP contribution in [0.3, 0.4) is 0 Å². The van der Waals surface area contributed by atoms with E-state index in [0.29, 0.717) is 29.2 Å². The van der Waals surface area contributed by atoms with Gasteiger partial charge in [0.1, 0.15) is 0 Å². The Kier molecular flexibility index (Phi) is 4.79. The van der Waals surface area contributed by atoms with E-state index in [-0.39, 0.29) is 17.5 Å². The van der Waals surface area contributed by atoms with E-state index in [9.17, 15) is 9.59 Å². The number of thioether (sulfide) groups is 2. The molecule has 3 fully saturated rings. The first-order chi connectivity index (χ1) is 12.0. The number of ketones is 2. The molecule has 3 aliphatic rings. The second-order valence-corrected chi connectivity index (χ2v) is 9.51. The van der Waals surface area contributed by atoms with Crippen molar-refractivity contribution in [2.45, 2.75) is 29.5 Å². The monoisotopic (exact) mass is 374 g/mol. The smallest absolute Gasteiger partial charge is 0.168 e. The molecule has 1 aromatic carbocycles. The number of nitrogens with zero attached hydrogens (tertiary/aromatic N) is 2. The zero-order valence-corrected chi connectivity index (χ0v) is 16.1.